The van der Waals surface area contributed by atoms with Crippen molar-refractivity contribution in [2.45, 2.75) is 33.1 Å². The quantitative estimate of drug-likeness (QED) is 0.638. The Balaban J connectivity index is 2.09. The zero-order chi connectivity index (χ0) is 13.4. The van der Waals surface area contributed by atoms with Crippen molar-refractivity contribution in [1.29, 1.82) is 0 Å². The molecule has 1 aliphatic rings. The summed E-state index contributed by atoms with van der Waals surface area (Å²) < 4.78 is 0. The second kappa shape index (κ2) is 8.08. The van der Waals surface area contributed by atoms with Gasteiger partial charge in [0.25, 0.3) is 0 Å². The molecule has 0 aromatic heterocycles. The number of amides is 2. The minimum absolute atomic E-state index is 0.00534. The third-order valence-corrected chi connectivity index (χ3v) is 3.03. The summed E-state index contributed by atoms with van der Waals surface area (Å²) in [5.41, 5.74) is 0. The van der Waals surface area contributed by atoms with Gasteiger partial charge in [0.1, 0.15) is 0 Å². The van der Waals surface area contributed by atoms with Crippen LogP contribution in [0.4, 0.5) is 0 Å². The number of rotatable bonds is 6. The van der Waals surface area contributed by atoms with Gasteiger partial charge in [0.05, 0.1) is 5.92 Å². The van der Waals surface area contributed by atoms with Crippen LogP contribution in [0.2, 0.25) is 0 Å². The molecule has 3 N–H and O–H groups in total. The number of piperidine rings is 1. The van der Waals surface area contributed by atoms with Crippen LogP contribution >= 0.6 is 0 Å². The van der Waals surface area contributed by atoms with Crippen LogP contribution in [-0.2, 0) is 9.59 Å². The van der Waals surface area contributed by atoms with Crippen molar-refractivity contribution in [2.75, 3.05) is 26.2 Å². The molecule has 0 spiro atoms. The summed E-state index contributed by atoms with van der Waals surface area (Å²) in [6.07, 6.45) is 2.35. The second-order valence-electron chi connectivity index (χ2n) is 5.28. The van der Waals surface area contributed by atoms with E-state index >= 15 is 0 Å². The fraction of sp³-hybridized carbons (Fsp3) is 0.846. The Hall–Kier alpha value is -1.10. The van der Waals surface area contributed by atoms with E-state index in [1.807, 2.05) is 0 Å². The van der Waals surface area contributed by atoms with Crippen LogP contribution in [-0.4, -0.2) is 38.0 Å². The third kappa shape index (κ3) is 6.00. The van der Waals surface area contributed by atoms with Gasteiger partial charge in [0, 0.05) is 26.1 Å². The van der Waals surface area contributed by atoms with Crippen LogP contribution in [0.25, 0.3) is 0 Å². The lowest BCUT2D eigenvalue weighted by Gasteiger charge is -2.21. The summed E-state index contributed by atoms with van der Waals surface area (Å²) >= 11 is 0. The van der Waals surface area contributed by atoms with Gasteiger partial charge < -0.3 is 16.0 Å². The topological polar surface area (TPSA) is 70.2 Å². The molecule has 1 rings (SSSR count). The smallest absolute Gasteiger partial charge is 0.224 e. The van der Waals surface area contributed by atoms with E-state index in [1.165, 1.54) is 0 Å². The summed E-state index contributed by atoms with van der Waals surface area (Å²) in [6, 6.07) is 0. The van der Waals surface area contributed by atoms with Gasteiger partial charge in [-0.15, -0.1) is 0 Å². The minimum Gasteiger partial charge on any atom is -0.356 e. The lowest BCUT2D eigenvalue weighted by molar-refractivity contribution is -0.125. The van der Waals surface area contributed by atoms with Crippen LogP contribution in [0.1, 0.15) is 33.1 Å². The molecule has 2 amide bonds. The summed E-state index contributed by atoms with van der Waals surface area (Å²) in [6.45, 7) is 6.99. The Kier molecular flexibility index (Phi) is 6.72. The Morgan fingerprint density at radius 2 is 2.11 bits per heavy atom. The first kappa shape index (κ1) is 15.0. The molecule has 0 radical (unpaired) electrons. The summed E-state index contributed by atoms with van der Waals surface area (Å²) in [4.78, 5) is 23.2. The highest BCUT2D eigenvalue weighted by molar-refractivity contribution is 5.80. The van der Waals surface area contributed by atoms with Gasteiger partial charge >= 0.3 is 0 Å². The molecule has 1 aliphatic heterocycles. The highest BCUT2D eigenvalue weighted by Gasteiger charge is 2.20. The molecule has 5 heteroatoms. The van der Waals surface area contributed by atoms with Crippen molar-refractivity contribution in [3.8, 4) is 0 Å². The maximum absolute atomic E-state index is 11.8. The van der Waals surface area contributed by atoms with Gasteiger partial charge in [-0.05, 0) is 25.3 Å². The monoisotopic (exact) mass is 255 g/mol. The second-order valence-corrected chi connectivity index (χ2v) is 5.28. The minimum atomic E-state index is 0.00534. The van der Waals surface area contributed by atoms with Crippen molar-refractivity contribution in [3.05, 3.63) is 0 Å². The molecule has 0 unspecified atom stereocenters. The number of nitrogens with one attached hydrogen (secondary N) is 3. The SMILES string of the molecule is CC(C)CNC(=O)CCNC(=O)[C@@H]1CCCNC1. The molecule has 0 aliphatic carbocycles. The molecule has 0 bridgehead atoms. The predicted octanol–water partition coefficient (Wildman–Crippen LogP) is 0.265. The summed E-state index contributed by atoms with van der Waals surface area (Å²) in [5, 5.41) is 8.87. The maximum atomic E-state index is 11.8. The molecular weight excluding hydrogens is 230 g/mol. The van der Waals surface area contributed by atoms with E-state index in [-0.39, 0.29) is 17.7 Å². The van der Waals surface area contributed by atoms with Crippen LogP contribution in [0, 0.1) is 11.8 Å². The van der Waals surface area contributed by atoms with E-state index in [1.54, 1.807) is 0 Å². The van der Waals surface area contributed by atoms with Gasteiger partial charge in [-0.2, -0.15) is 0 Å². The molecule has 0 saturated carbocycles. The van der Waals surface area contributed by atoms with E-state index < -0.39 is 0 Å². The molecule has 5 nitrogen and oxygen atoms in total. The molecule has 0 aromatic carbocycles. The number of hydrogen-bond donors (Lipinski definition) is 3. The average molecular weight is 255 g/mol. The fourth-order valence-corrected chi connectivity index (χ4v) is 1.93. The first-order chi connectivity index (χ1) is 8.59. The highest BCUT2D eigenvalue weighted by atomic mass is 16.2. The standard InChI is InChI=1S/C13H25N3O2/c1-10(2)8-16-12(17)5-7-15-13(18)11-4-3-6-14-9-11/h10-11,14H,3-9H2,1-2H3,(H,15,18)(H,16,17)/t11-/m1/s1. The van der Waals surface area contributed by atoms with Crippen molar-refractivity contribution >= 4 is 11.8 Å². The van der Waals surface area contributed by atoms with E-state index in [0.29, 0.717) is 25.4 Å². The van der Waals surface area contributed by atoms with Crippen molar-refractivity contribution < 1.29 is 9.59 Å². The van der Waals surface area contributed by atoms with Crippen molar-refractivity contribution in [1.82, 2.24) is 16.0 Å². The molecular formula is C13H25N3O2. The van der Waals surface area contributed by atoms with Gasteiger partial charge in [-0.25, -0.2) is 0 Å². The Morgan fingerprint density at radius 1 is 1.33 bits per heavy atom. The van der Waals surface area contributed by atoms with Crippen molar-refractivity contribution in [2.24, 2.45) is 11.8 Å². The molecule has 18 heavy (non-hydrogen) atoms. The number of hydrogen-bond acceptors (Lipinski definition) is 3. The van der Waals surface area contributed by atoms with Gasteiger partial charge in [0.15, 0.2) is 0 Å². The molecule has 1 heterocycles. The summed E-state index contributed by atoms with van der Waals surface area (Å²) in [7, 11) is 0. The zero-order valence-corrected chi connectivity index (χ0v) is 11.4. The van der Waals surface area contributed by atoms with Gasteiger partial charge in [-0.1, -0.05) is 13.8 Å². The van der Waals surface area contributed by atoms with E-state index in [0.717, 1.165) is 25.9 Å². The highest BCUT2D eigenvalue weighted by Crippen LogP contribution is 2.09. The zero-order valence-electron chi connectivity index (χ0n) is 11.4. The summed E-state index contributed by atoms with van der Waals surface area (Å²) in [5.74, 6) is 0.596. The normalized spacial score (nSPS) is 19.6. The lowest BCUT2D eigenvalue weighted by atomic mass is 9.99. The van der Waals surface area contributed by atoms with E-state index in [9.17, 15) is 9.59 Å². The van der Waals surface area contributed by atoms with E-state index in [4.69, 9.17) is 0 Å². The Morgan fingerprint density at radius 3 is 2.72 bits per heavy atom. The maximum Gasteiger partial charge on any atom is 0.224 e. The molecule has 1 fully saturated rings. The lowest BCUT2D eigenvalue weighted by Crippen LogP contribution is -2.41. The Bertz CT molecular complexity index is 273. The van der Waals surface area contributed by atoms with Gasteiger partial charge in [0.2, 0.25) is 11.8 Å². The van der Waals surface area contributed by atoms with Gasteiger partial charge in [-0.3, -0.25) is 9.59 Å². The van der Waals surface area contributed by atoms with Crippen LogP contribution in [0.15, 0.2) is 0 Å². The first-order valence-electron chi connectivity index (χ1n) is 6.84. The molecule has 104 valence electrons. The first-order valence-corrected chi connectivity index (χ1v) is 6.84. The van der Waals surface area contributed by atoms with E-state index in [2.05, 4.69) is 29.8 Å². The molecule has 1 atom stereocenters. The van der Waals surface area contributed by atoms with Crippen LogP contribution < -0.4 is 16.0 Å². The fourth-order valence-electron chi connectivity index (χ4n) is 1.93. The van der Waals surface area contributed by atoms with Crippen LogP contribution in [0.3, 0.4) is 0 Å². The van der Waals surface area contributed by atoms with Crippen molar-refractivity contribution in [3.63, 3.8) is 0 Å². The predicted molar refractivity (Wildman–Crippen MR) is 71.1 cm³/mol. The third-order valence-electron chi connectivity index (χ3n) is 3.03. The Labute approximate surface area is 109 Å². The average Bonchev–Trinajstić information content (AvgIpc) is 2.37. The molecule has 0 aromatic rings. The number of carbonyl (C=O) groups is 2. The molecule has 1 saturated heterocycles. The van der Waals surface area contributed by atoms with Crippen LogP contribution in [0.5, 0.6) is 0 Å². The largest absolute Gasteiger partial charge is 0.356 e. The number of carbonyl (C=O) groups excluding carboxylic acids is 2.